The van der Waals surface area contributed by atoms with Gasteiger partial charge in [0.05, 0.1) is 0 Å². The summed E-state index contributed by atoms with van der Waals surface area (Å²) in [6.07, 6.45) is 0. The summed E-state index contributed by atoms with van der Waals surface area (Å²) in [6, 6.07) is 0. The summed E-state index contributed by atoms with van der Waals surface area (Å²) in [5.74, 6) is 0. The molecule has 0 aromatic heterocycles. The molecular weight excluding hydrogens is 550 g/mol. The number of hydrogen-bond donors (Lipinski definition) is 0. The summed E-state index contributed by atoms with van der Waals surface area (Å²) < 4.78 is 102. The molecule has 0 aliphatic rings. The maximum absolute atomic E-state index is 8.52. The second-order valence-electron chi connectivity index (χ2n) is 1.22. The van der Waals surface area contributed by atoms with Gasteiger partial charge in [0, 0.05) is 31.2 Å². The zero-order chi connectivity index (χ0) is 17.5. The van der Waals surface area contributed by atoms with E-state index in [9.17, 15) is 0 Å². The van der Waals surface area contributed by atoms with Crippen LogP contribution in [0, 0.1) is 0 Å². The van der Waals surface area contributed by atoms with Crippen LogP contribution in [-0.4, -0.2) is 97.6 Å². The fourth-order valence-corrected chi connectivity index (χ4v) is 0. The molecule has 0 rings (SSSR count). The minimum absolute atomic E-state index is 1.55. The predicted molar refractivity (Wildman–Crippen MR) is 54.7 cm³/mol. The molecule has 0 aliphatic heterocycles. The number of rotatable bonds is 0. The van der Waals surface area contributed by atoms with Crippen molar-refractivity contribution < 1.29 is 52.6 Å². The Kier molecular flexibility index (Phi) is 29.3. The van der Waals surface area contributed by atoms with Gasteiger partial charge in [0.2, 0.25) is 0 Å². The summed E-state index contributed by atoms with van der Waals surface area (Å²) in [5.41, 5.74) is 0. The summed E-state index contributed by atoms with van der Waals surface area (Å²) >= 11 is 3.10. The molecule has 0 spiro atoms. The van der Waals surface area contributed by atoms with Crippen LogP contribution in [0.5, 0.6) is 0 Å². The fourth-order valence-electron chi connectivity index (χ4n) is 0. The third kappa shape index (κ3) is 3900. The minimum atomic E-state index is -5.17. The molecule has 12 nitrogen and oxygen atoms in total. The van der Waals surface area contributed by atoms with Crippen molar-refractivity contribution in [1.29, 1.82) is 0 Å². The molecule has 17 heteroatoms. The molecule has 112 valence electrons. The van der Waals surface area contributed by atoms with Crippen LogP contribution in [0.2, 0.25) is 9.88 Å². The maximum atomic E-state index is 8.52. The molecule has 0 aliphatic carbocycles. The first-order chi connectivity index (χ1) is 8.00. The van der Waals surface area contributed by atoms with Crippen LogP contribution in [-0.2, 0) is 31.2 Å². The van der Waals surface area contributed by atoms with Crippen LogP contribution < -0.4 is 0 Å². The van der Waals surface area contributed by atoms with Gasteiger partial charge in [-0.2, -0.15) is 0 Å². The van der Waals surface area contributed by atoms with Gasteiger partial charge in [0.15, 0.2) is 0 Å². The normalized spacial score (nSPS) is 9.89. The quantitative estimate of drug-likeness (QED) is 0.160. The van der Waals surface area contributed by atoms with Crippen molar-refractivity contribution in [3.8, 4) is 0 Å². The summed E-state index contributed by atoms with van der Waals surface area (Å²) in [5, 5.41) is 0. The molecule has 0 saturated carbocycles. The summed E-state index contributed by atoms with van der Waals surface area (Å²) in [4.78, 5) is 4.18. The van der Waals surface area contributed by atoms with Gasteiger partial charge in [-0.05, 0) is 0 Å². The molecule has 0 bridgehead atoms. The Balaban J connectivity index is -0.0000000455. The Morgan fingerprint density at radius 3 is 0.474 bits per heavy atom. The van der Waals surface area contributed by atoms with E-state index in [1.54, 1.807) is 45.0 Å². The Morgan fingerprint density at radius 1 is 0.474 bits per heavy atom. The Morgan fingerprint density at radius 2 is 0.474 bits per heavy atom. The molecule has 0 radical (unpaired) electrons. The number of hydrogen-bond acceptors (Lipinski definition) is 12. The monoisotopic (exact) mass is 558 g/mol. The SMILES string of the molecule is O=S(=O)([O-])[O-].O=S(=O)([O-])[O-].O=S(=O)([O-])[O-].[CH3][Sn+3].[CH3][Sn+3]. The molecule has 0 fully saturated rings. The van der Waals surface area contributed by atoms with Crippen LogP contribution in [0.1, 0.15) is 0 Å². The van der Waals surface area contributed by atoms with E-state index in [-0.39, 0.29) is 0 Å². The summed E-state index contributed by atoms with van der Waals surface area (Å²) in [7, 11) is -15.5. The molecule has 0 amide bonds. The average molecular weight is 556 g/mol. The van der Waals surface area contributed by atoms with Crippen molar-refractivity contribution in [3.05, 3.63) is 0 Å². The van der Waals surface area contributed by atoms with E-state index in [0.29, 0.717) is 0 Å². The molecular formula is C2H6O12S3Sn2. The Bertz CT molecular complexity index is 350. The van der Waals surface area contributed by atoms with Gasteiger partial charge in [-0.3, -0.25) is 25.3 Å². The van der Waals surface area contributed by atoms with Crippen molar-refractivity contribution in [2.45, 2.75) is 9.88 Å². The van der Waals surface area contributed by atoms with Crippen LogP contribution in [0.4, 0.5) is 0 Å². The molecule has 0 N–H and O–H groups in total. The van der Waals surface area contributed by atoms with Crippen molar-refractivity contribution in [3.63, 3.8) is 0 Å². The molecule has 0 aromatic rings. The van der Waals surface area contributed by atoms with Crippen LogP contribution in [0.15, 0.2) is 0 Å². The van der Waals surface area contributed by atoms with Gasteiger partial charge >= 0.3 is 54.9 Å². The molecule has 0 aromatic carbocycles. The van der Waals surface area contributed by atoms with Gasteiger partial charge in [0.1, 0.15) is 0 Å². The third-order valence-electron chi connectivity index (χ3n) is 0. The van der Waals surface area contributed by atoms with E-state index in [0.717, 1.165) is 0 Å². The second kappa shape index (κ2) is 17.3. The van der Waals surface area contributed by atoms with Crippen LogP contribution in [0.25, 0.3) is 0 Å². The topological polar surface area (TPSA) is 241 Å². The molecule has 19 heavy (non-hydrogen) atoms. The Hall–Kier alpha value is 1.21. The molecule has 0 atom stereocenters. The summed E-state index contributed by atoms with van der Waals surface area (Å²) in [6.45, 7) is 0. The van der Waals surface area contributed by atoms with E-state index in [2.05, 4.69) is 9.88 Å². The van der Waals surface area contributed by atoms with Crippen molar-refractivity contribution in [1.82, 2.24) is 0 Å². The van der Waals surface area contributed by atoms with Gasteiger partial charge < -0.3 is 27.3 Å². The van der Waals surface area contributed by atoms with Crippen molar-refractivity contribution in [2.24, 2.45) is 0 Å². The van der Waals surface area contributed by atoms with Gasteiger partial charge in [-0.15, -0.1) is 0 Å². The van der Waals surface area contributed by atoms with Gasteiger partial charge in [-0.25, -0.2) is 0 Å². The first kappa shape index (κ1) is 32.2. The Labute approximate surface area is 137 Å². The average Bonchev–Trinajstić information content (AvgIpc) is 2.01. The molecule has 0 unspecified atom stereocenters. The molecule has 0 heterocycles. The van der Waals surface area contributed by atoms with E-state index in [4.69, 9.17) is 52.6 Å². The van der Waals surface area contributed by atoms with Crippen molar-refractivity contribution >= 4 is 76.2 Å². The van der Waals surface area contributed by atoms with E-state index >= 15 is 0 Å². The molecule has 0 saturated heterocycles. The van der Waals surface area contributed by atoms with E-state index < -0.39 is 31.2 Å². The zero-order valence-electron chi connectivity index (χ0n) is 9.12. The van der Waals surface area contributed by atoms with Crippen LogP contribution in [0.3, 0.4) is 0 Å². The first-order valence-electron chi connectivity index (χ1n) is 3.00. The zero-order valence-corrected chi connectivity index (χ0v) is 17.3. The third-order valence-corrected chi connectivity index (χ3v) is 0. The van der Waals surface area contributed by atoms with Crippen molar-refractivity contribution in [2.75, 3.05) is 0 Å². The van der Waals surface area contributed by atoms with E-state index in [1.165, 1.54) is 0 Å². The first-order valence-corrected chi connectivity index (χ1v) is 12.7. The predicted octanol–water partition coefficient (Wildman–Crippen LogP) is -3.61. The van der Waals surface area contributed by atoms with Gasteiger partial charge in [0.25, 0.3) is 0 Å². The van der Waals surface area contributed by atoms with Gasteiger partial charge in [-0.1, -0.05) is 0 Å². The fraction of sp³-hybridized carbons (Fsp3) is 1.00. The standard InChI is InChI=1S/2CH3.3H2O4S.2Sn/c;;3*1-5(2,3)4;;/h2*1H3;3*(H2,1,2,3,4);;/q;;;;;2*+3/p-6. The second-order valence-corrected chi connectivity index (χ2v) is 3.67. The van der Waals surface area contributed by atoms with E-state index in [1.807, 2.05) is 0 Å². The van der Waals surface area contributed by atoms with Crippen LogP contribution >= 0.6 is 0 Å².